The van der Waals surface area contributed by atoms with Crippen LogP contribution >= 0.6 is 11.6 Å². The van der Waals surface area contributed by atoms with E-state index in [1.807, 2.05) is 12.1 Å². The number of carbonyl (C=O) groups is 1. The van der Waals surface area contributed by atoms with Gasteiger partial charge in [-0.25, -0.2) is 8.91 Å². The molecule has 0 atom stereocenters. The molecule has 2 aromatic heterocycles. The van der Waals surface area contributed by atoms with Gasteiger partial charge < -0.3 is 9.88 Å². The standard InChI is InChI=1S/C20H14ClFN4O2/c21-14-7-5-13(6-8-14)17-11-18-20(28)25(9-10-26(18)24-17)12-19(27)23-16-4-2-1-3-15(16)22/h1-11H,12H2,(H,23,27). The molecule has 0 saturated heterocycles. The van der Waals surface area contributed by atoms with Gasteiger partial charge in [-0.2, -0.15) is 5.10 Å². The zero-order valence-corrected chi connectivity index (χ0v) is 15.2. The van der Waals surface area contributed by atoms with E-state index in [-0.39, 0.29) is 17.8 Å². The Morgan fingerprint density at radius 1 is 1.11 bits per heavy atom. The van der Waals surface area contributed by atoms with Gasteiger partial charge in [-0.15, -0.1) is 0 Å². The normalized spacial score (nSPS) is 10.9. The summed E-state index contributed by atoms with van der Waals surface area (Å²) >= 11 is 5.90. The predicted molar refractivity (Wildman–Crippen MR) is 105 cm³/mol. The van der Waals surface area contributed by atoms with E-state index in [9.17, 15) is 14.0 Å². The number of carbonyl (C=O) groups excluding carboxylic acids is 1. The molecule has 0 radical (unpaired) electrons. The molecule has 6 nitrogen and oxygen atoms in total. The molecule has 2 heterocycles. The molecule has 0 spiro atoms. The monoisotopic (exact) mass is 396 g/mol. The van der Waals surface area contributed by atoms with Crippen LogP contribution in [0.2, 0.25) is 5.02 Å². The quantitative estimate of drug-likeness (QED) is 0.573. The molecule has 1 N–H and O–H groups in total. The molecule has 0 saturated carbocycles. The van der Waals surface area contributed by atoms with Crippen molar-refractivity contribution in [1.29, 1.82) is 0 Å². The molecule has 0 aliphatic rings. The van der Waals surface area contributed by atoms with Crippen LogP contribution in [0.15, 0.2) is 71.8 Å². The van der Waals surface area contributed by atoms with Crippen molar-refractivity contribution in [3.8, 4) is 11.3 Å². The molecule has 0 fully saturated rings. The number of nitrogens with zero attached hydrogens (tertiary/aromatic N) is 3. The zero-order chi connectivity index (χ0) is 19.7. The first-order valence-electron chi connectivity index (χ1n) is 8.40. The minimum absolute atomic E-state index is 0.0657. The van der Waals surface area contributed by atoms with E-state index in [4.69, 9.17) is 11.6 Å². The van der Waals surface area contributed by atoms with Crippen molar-refractivity contribution in [3.05, 3.63) is 88.2 Å². The third-order valence-corrected chi connectivity index (χ3v) is 4.46. The van der Waals surface area contributed by atoms with Gasteiger partial charge in [0.1, 0.15) is 17.9 Å². The number of halogens is 2. The van der Waals surface area contributed by atoms with E-state index in [1.165, 1.54) is 33.5 Å². The summed E-state index contributed by atoms with van der Waals surface area (Å²) in [5, 5.41) is 7.45. The van der Waals surface area contributed by atoms with Crippen LogP contribution in [0.5, 0.6) is 0 Å². The predicted octanol–water partition coefficient (Wildman–Crippen LogP) is 3.59. The van der Waals surface area contributed by atoms with Crippen molar-refractivity contribution < 1.29 is 9.18 Å². The van der Waals surface area contributed by atoms with E-state index in [2.05, 4.69) is 10.4 Å². The van der Waals surface area contributed by atoms with Crippen LogP contribution in [-0.2, 0) is 11.3 Å². The molecule has 0 aliphatic carbocycles. The average Bonchev–Trinajstić information content (AvgIpc) is 3.12. The van der Waals surface area contributed by atoms with Gasteiger partial charge in [0.05, 0.1) is 11.4 Å². The van der Waals surface area contributed by atoms with Crippen LogP contribution in [0.3, 0.4) is 0 Å². The maximum absolute atomic E-state index is 13.7. The molecule has 4 aromatic rings. The molecule has 1 amide bonds. The van der Waals surface area contributed by atoms with Gasteiger partial charge in [0, 0.05) is 23.0 Å². The second-order valence-corrected chi connectivity index (χ2v) is 6.56. The lowest BCUT2D eigenvalue weighted by Gasteiger charge is -2.08. The number of anilines is 1. The summed E-state index contributed by atoms with van der Waals surface area (Å²) in [5.41, 5.74) is 1.44. The Hall–Kier alpha value is -3.45. The van der Waals surface area contributed by atoms with Gasteiger partial charge in [-0.1, -0.05) is 35.9 Å². The number of para-hydroxylation sites is 1. The Kier molecular flexibility index (Phi) is 4.67. The molecule has 28 heavy (non-hydrogen) atoms. The van der Waals surface area contributed by atoms with E-state index >= 15 is 0 Å². The lowest BCUT2D eigenvalue weighted by atomic mass is 10.1. The number of fused-ring (bicyclic) bond motifs is 1. The smallest absolute Gasteiger partial charge is 0.277 e. The molecule has 2 aromatic carbocycles. The molecule has 0 aliphatic heterocycles. The van der Waals surface area contributed by atoms with Gasteiger partial charge in [0.2, 0.25) is 5.91 Å². The lowest BCUT2D eigenvalue weighted by Crippen LogP contribution is -2.28. The zero-order valence-electron chi connectivity index (χ0n) is 14.5. The summed E-state index contributed by atoms with van der Waals surface area (Å²) in [6, 6.07) is 14.6. The van der Waals surface area contributed by atoms with Crippen molar-refractivity contribution in [2.24, 2.45) is 0 Å². The highest BCUT2D eigenvalue weighted by molar-refractivity contribution is 6.30. The Balaban J connectivity index is 1.61. The third-order valence-electron chi connectivity index (χ3n) is 4.21. The molecule has 4 rings (SSSR count). The minimum atomic E-state index is -0.540. The van der Waals surface area contributed by atoms with Crippen molar-refractivity contribution in [2.75, 3.05) is 5.32 Å². The largest absolute Gasteiger partial charge is 0.322 e. The molecular weight excluding hydrogens is 383 g/mol. The summed E-state index contributed by atoms with van der Waals surface area (Å²) in [7, 11) is 0. The van der Waals surface area contributed by atoms with E-state index < -0.39 is 11.7 Å². The average molecular weight is 397 g/mol. The van der Waals surface area contributed by atoms with Gasteiger partial charge >= 0.3 is 0 Å². The van der Waals surface area contributed by atoms with Gasteiger partial charge in [-0.3, -0.25) is 9.59 Å². The van der Waals surface area contributed by atoms with Crippen LogP contribution in [0.25, 0.3) is 16.8 Å². The van der Waals surface area contributed by atoms with E-state index in [1.54, 1.807) is 30.5 Å². The first-order chi connectivity index (χ1) is 13.5. The fraction of sp³-hybridized carbons (Fsp3) is 0.0500. The van der Waals surface area contributed by atoms with Gasteiger partial charge in [0.15, 0.2) is 0 Å². The topological polar surface area (TPSA) is 68.4 Å². The summed E-state index contributed by atoms with van der Waals surface area (Å²) in [5.74, 6) is -1.05. The fourth-order valence-electron chi connectivity index (χ4n) is 2.82. The highest BCUT2D eigenvalue weighted by Crippen LogP contribution is 2.20. The molecule has 8 heteroatoms. The molecule has 0 bridgehead atoms. The van der Waals surface area contributed by atoms with Gasteiger partial charge in [-0.05, 0) is 30.3 Å². The fourth-order valence-corrected chi connectivity index (χ4v) is 2.95. The van der Waals surface area contributed by atoms with Crippen LogP contribution in [0.1, 0.15) is 0 Å². The summed E-state index contributed by atoms with van der Waals surface area (Å²) in [6.45, 7) is -0.245. The number of hydrogen-bond donors (Lipinski definition) is 1. The minimum Gasteiger partial charge on any atom is -0.322 e. The van der Waals surface area contributed by atoms with Crippen molar-refractivity contribution in [1.82, 2.24) is 14.2 Å². The summed E-state index contributed by atoms with van der Waals surface area (Å²) in [6.07, 6.45) is 3.06. The molecule has 140 valence electrons. The number of rotatable bonds is 4. The maximum atomic E-state index is 13.7. The van der Waals surface area contributed by atoms with Crippen molar-refractivity contribution in [3.63, 3.8) is 0 Å². The van der Waals surface area contributed by atoms with Crippen LogP contribution in [0.4, 0.5) is 10.1 Å². The molecular formula is C20H14ClFN4O2. The lowest BCUT2D eigenvalue weighted by molar-refractivity contribution is -0.116. The van der Waals surface area contributed by atoms with Crippen molar-refractivity contribution >= 4 is 28.7 Å². The summed E-state index contributed by atoms with van der Waals surface area (Å²) in [4.78, 5) is 24.9. The highest BCUT2D eigenvalue weighted by Gasteiger charge is 2.12. The van der Waals surface area contributed by atoms with Gasteiger partial charge in [0.25, 0.3) is 5.56 Å². The summed E-state index contributed by atoms with van der Waals surface area (Å²) < 4.78 is 16.4. The number of amides is 1. The van der Waals surface area contributed by atoms with E-state index in [0.717, 1.165) is 5.56 Å². The number of aromatic nitrogens is 3. The highest BCUT2D eigenvalue weighted by atomic mass is 35.5. The first-order valence-corrected chi connectivity index (χ1v) is 8.78. The number of nitrogens with one attached hydrogen (secondary N) is 1. The SMILES string of the molecule is O=C(Cn1ccn2nc(-c3ccc(Cl)cc3)cc2c1=O)Nc1ccccc1F. The molecule has 0 unspecified atom stereocenters. The van der Waals surface area contributed by atoms with Crippen molar-refractivity contribution in [2.45, 2.75) is 6.54 Å². The Morgan fingerprint density at radius 3 is 2.61 bits per heavy atom. The Morgan fingerprint density at radius 2 is 1.86 bits per heavy atom. The Bertz CT molecular complexity index is 1230. The number of benzene rings is 2. The maximum Gasteiger partial charge on any atom is 0.277 e. The number of hydrogen-bond acceptors (Lipinski definition) is 3. The van der Waals surface area contributed by atoms with Crippen LogP contribution in [-0.4, -0.2) is 20.1 Å². The first kappa shape index (κ1) is 17.9. The Labute approximate surface area is 163 Å². The second kappa shape index (κ2) is 7.28. The van der Waals surface area contributed by atoms with Crippen LogP contribution in [0, 0.1) is 5.82 Å². The van der Waals surface area contributed by atoms with E-state index in [0.29, 0.717) is 16.2 Å². The second-order valence-electron chi connectivity index (χ2n) is 6.13. The third kappa shape index (κ3) is 3.52. The van der Waals surface area contributed by atoms with Crippen LogP contribution < -0.4 is 10.9 Å².